The number of amides is 2. The third-order valence-corrected chi connectivity index (χ3v) is 3.85. The number of carbonyl (C=O) groups excluding carboxylic acids is 1. The van der Waals surface area contributed by atoms with Gasteiger partial charge in [-0.05, 0) is 61.4 Å². The number of nitrogens with one attached hydrogen (secondary N) is 2. The lowest BCUT2D eigenvalue weighted by atomic mass is 10.1. The first-order valence-electron chi connectivity index (χ1n) is 8.57. The molecule has 0 aliphatic carbocycles. The van der Waals surface area contributed by atoms with Crippen LogP contribution in [0.1, 0.15) is 11.1 Å². The number of hydrogen-bond donors (Lipinski definition) is 2. The van der Waals surface area contributed by atoms with Crippen LogP contribution >= 0.6 is 0 Å². The molecule has 2 amide bonds. The second kappa shape index (κ2) is 10.2. The maximum Gasteiger partial charge on any atom is 0.315 e. The maximum atomic E-state index is 11.7. The molecule has 2 N–H and O–H groups in total. The number of rotatable bonds is 9. The SMILES string of the molecule is COc1ccc(OCCNC(=O)NCCOc2ccc(C)c(C)c2)cc1. The minimum atomic E-state index is -0.244. The van der Waals surface area contributed by atoms with E-state index in [4.69, 9.17) is 14.2 Å². The van der Waals surface area contributed by atoms with Crippen molar-refractivity contribution >= 4 is 6.03 Å². The van der Waals surface area contributed by atoms with Gasteiger partial charge in [0.25, 0.3) is 0 Å². The first kappa shape index (κ1) is 19.4. The van der Waals surface area contributed by atoms with Crippen LogP contribution in [0.15, 0.2) is 42.5 Å². The lowest BCUT2D eigenvalue weighted by Gasteiger charge is -2.11. The van der Waals surface area contributed by atoms with Crippen LogP contribution in [0, 0.1) is 13.8 Å². The minimum absolute atomic E-state index is 0.244. The zero-order chi connectivity index (χ0) is 18.8. The summed E-state index contributed by atoms with van der Waals surface area (Å²) in [7, 11) is 1.62. The average molecular weight is 358 g/mol. The first-order valence-corrected chi connectivity index (χ1v) is 8.57. The Labute approximate surface area is 154 Å². The Kier molecular flexibility index (Phi) is 7.61. The van der Waals surface area contributed by atoms with Gasteiger partial charge in [0.2, 0.25) is 0 Å². The Morgan fingerprint density at radius 2 is 1.35 bits per heavy atom. The second-order valence-electron chi connectivity index (χ2n) is 5.80. The van der Waals surface area contributed by atoms with Gasteiger partial charge in [0, 0.05) is 0 Å². The molecule has 0 radical (unpaired) electrons. The van der Waals surface area contributed by atoms with Gasteiger partial charge < -0.3 is 24.8 Å². The number of urea groups is 1. The van der Waals surface area contributed by atoms with E-state index in [1.54, 1.807) is 7.11 Å². The van der Waals surface area contributed by atoms with Crippen molar-refractivity contribution in [1.82, 2.24) is 10.6 Å². The fourth-order valence-corrected chi connectivity index (χ4v) is 2.21. The van der Waals surface area contributed by atoms with Crippen LogP contribution in [-0.4, -0.2) is 39.4 Å². The number of aryl methyl sites for hydroxylation is 2. The van der Waals surface area contributed by atoms with Gasteiger partial charge in [0.15, 0.2) is 0 Å². The van der Waals surface area contributed by atoms with Crippen molar-refractivity contribution in [3.63, 3.8) is 0 Å². The summed E-state index contributed by atoms with van der Waals surface area (Å²) >= 11 is 0. The van der Waals surface area contributed by atoms with E-state index in [2.05, 4.69) is 17.6 Å². The van der Waals surface area contributed by atoms with Crippen LogP contribution in [0.4, 0.5) is 4.79 Å². The number of methoxy groups -OCH3 is 1. The zero-order valence-corrected chi connectivity index (χ0v) is 15.5. The highest BCUT2D eigenvalue weighted by Gasteiger charge is 2.01. The van der Waals surface area contributed by atoms with Gasteiger partial charge in [-0.15, -0.1) is 0 Å². The Balaban J connectivity index is 1.55. The fourth-order valence-electron chi connectivity index (χ4n) is 2.21. The Morgan fingerprint density at radius 3 is 1.92 bits per heavy atom. The molecule has 0 fully saturated rings. The molecule has 0 atom stereocenters. The Bertz CT molecular complexity index is 701. The van der Waals surface area contributed by atoms with E-state index in [1.807, 2.05) is 49.4 Å². The molecule has 2 rings (SSSR count). The summed E-state index contributed by atoms with van der Waals surface area (Å²) in [6, 6.07) is 13.0. The van der Waals surface area contributed by atoms with Crippen LogP contribution in [0.3, 0.4) is 0 Å². The molecule has 0 aliphatic heterocycles. The average Bonchev–Trinajstić information content (AvgIpc) is 2.65. The molecule has 0 unspecified atom stereocenters. The van der Waals surface area contributed by atoms with Crippen molar-refractivity contribution in [3.8, 4) is 17.2 Å². The molecule has 0 bridgehead atoms. The molecule has 0 aliphatic rings. The van der Waals surface area contributed by atoms with Crippen molar-refractivity contribution in [3.05, 3.63) is 53.6 Å². The highest BCUT2D eigenvalue weighted by atomic mass is 16.5. The van der Waals surface area contributed by atoms with Crippen LogP contribution in [0.25, 0.3) is 0 Å². The molecule has 6 nitrogen and oxygen atoms in total. The lowest BCUT2D eigenvalue weighted by Crippen LogP contribution is -2.39. The van der Waals surface area contributed by atoms with E-state index in [-0.39, 0.29) is 6.03 Å². The molecular weight excluding hydrogens is 332 g/mol. The molecule has 26 heavy (non-hydrogen) atoms. The molecule has 0 heterocycles. The highest BCUT2D eigenvalue weighted by Crippen LogP contribution is 2.17. The summed E-state index contributed by atoms with van der Waals surface area (Å²) in [5, 5.41) is 5.48. The van der Waals surface area contributed by atoms with Crippen molar-refractivity contribution < 1.29 is 19.0 Å². The van der Waals surface area contributed by atoms with Gasteiger partial charge in [0.1, 0.15) is 30.5 Å². The predicted molar refractivity (Wildman–Crippen MR) is 101 cm³/mol. The second-order valence-corrected chi connectivity index (χ2v) is 5.80. The zero-order valence-electron chi connectivity index (χ0n) is 15.5. The van der Waals surface area contributed by atoms with Gasteiger partial charge in [0.05, 0.1) is 20.2 Å². The highest BCUT2D eigenvalue weighted by molar-refractivity contribution is 5.73. The van der Waals surface area contributed by atoms with Crippen molar-refractivity contribution in [1.29, 1.82) is 0 Å². The first-order chi connectivity index (χ1) is 12.6. The normalized spacial score (nSPS) is 10.1. The van der Waals surface area contributed by atoms with Crippen LogP contribution < -0.4 is 24.8 Å². The number of benzene rings is 2. The molecule has 0 spiro atoms. The molecule has 0 aromatic heterocycles. The third kappa shape index (κ3) is 6.55. The molecule has 2 aromatic rings. The molecule has 0 saturated carbocycles. The Morgan fingerprint density at radius 1 is 0.808 bits per heavy atom. The maximum absolute atomic E-state index is 11.7. The summed E-state index contributed by atoms with van der Waals surface area (Å²) in [5.74, 6) is 2.32. The number of ether oxygens (including phenoxy) is 3. The van der Waals surface area contributed by atoms with Gasteiger partial charge in [-0.25, -0.2) is 4.79 Å². The molecule has 0 saturated heterocycles. The van der Waals surface area contributed by atoms with Crippen LogP contribution in [0.5, 0.6) is 17.2 Å². The third-order valence-electron chi connectivity index (χ3n) is 3.85. The molecule has 6 heteroatoms. The smallest absolute Gasteiger partial charge is 0.315 e. The predicted octanol–water partition coefficient (Wildman–Crippen LogP) is 3.07. The van der Waals surface area contributed by atoms with Gasteiger partial charge in [-0.1, -0.05) is 6.07 Å². The molecular formula is C20H26N2O4. The summed E-state index contributed by atoms with van der Waals surface area (Å²) < 4.78 is 16.2. The van der Waals surface area contributed by atoms with E-state index in [0.717, 1.165) is 17.2 Å². The van der Waals surface area contributed by atoms with Gasteiger partial charge >= 0.3 is 6.03 Å². The van der Waals surface area contributed by atoms with E-state index in [0.29, 0.717) is 26.3 Å². The largest absolute Gasteiger partial charge is 0.497 e. The molecule has 140 valence electrons. The molecule has 2 aromatic carbocycles. The number of carbonyl (C=O) groups is 1. The van der Waals surface area contributed by atoms with Gasteiger partial charge in [-0.3, -0.25) is 0 Å². The van der Waals surface area contributed by atoms with E-state index >= 15 is 0 Å². The monoisotopic (exact) mass is 358 g/mol. The van der Waals surface area contributed by atoms with Crippen molar-refractivity contribution in [2.45, 2.75) is 13.8 Å². The van der Waals surface area contributed by atoms with Crippen LogP contribution in [0.2, 0.25) is 0 Å². The van der Waals surface area contributed by atoms with Gasteiger partial charge in [-0.2, -0.15) is 0 Å². The number of hydrogen-bond acceptors (Lipinski definition) is 4. The standard InChI is InChI=1S/C20H26N2O4/c1-15-4-5-19(14-16(15)2)26-13-11-22-20(23)21-10-12-25-18-8-6-17(24-3)7-9-18/h4-9,14H,10-13H2,1-3H3,(H2,21,22,23). The summed E-state index contributed by atoms with van der Waals surface area (Å²) in [6.07, 6.45) is 0. The summed E-state index contributed by atoms with van der Waals surface area (Å²) in [5.41, 5.74) is 2.41. The van der Waals surface area contributed by atoms with Crippen molar-refractivity contribution in [2.24, 2.45) is 0 Å². The minimum Gasteiger partial charge on any atom is -0.497 e. The lowest BCUT2D eigenvalue weighted by molar-refractivity contribution is 0.232. The van der Waals surface area contributed by atoms with E-state index in [1.165, 1.54) is 11.1 Å². The van der Waals surface area contributed by atoms with Crippen molar-refractivity contribution in [2.75, 3.05) is 33.4 Å². The summed E-state index contributed by atoms with van der Waals surface area (Å²) in [4.78, 5) is 11.7. The van der Waals surface area contributed by atoms with Crippen LogP contribution in [-0.2, 0) is 0 Å². The fraction of sp³-hybridized carbons (Fsp3) is 0.350. The topological polar surface area (TPSA) is 68.8 Å². The van der Waals surface area contributed by atoms with E-state index < -0.39 is 0 Å². The quantitative estimate of drug-likeness (QED) is 0.676. The van der Waals surface area contributed by atoms with E-state index in [9.17, 15) is 4.79 Å². The summed E-state index contributed by atoms with van der Waals surface area (Å²) in [6.45, 7) is 5.75. The Hall–Kier alpha value is -2.89.